The van der Waals surface area contributed by atoms with Gasteiger partial charge < -0.3 is 24.4 Å². The second-order valence-electron chi connectivity index (χ2n) is 10.5. The van der Waals surface area contributed by atoms with Crippen LogP contribution in [0, 0.1) is 13.8 Å². The summed E-state index contributed by atoms with van der Waals surface area (Å²) in [5.41, 5.74) is 4.46. The first-order chi connectivity index (χ1) is 22.8. The molecule has 0 aliphatic carbocycles. The number of hydrogen-bond acceptors (Lipinski definition) is 10. The van der Waals surface area contributed by atoms with E-state index in [2.05, 4.69) is 15.3 Å². The van der Waals surface area contributed by atoms with Crippen LogP contribution in [0.2, 0.25) is 0 Å². The number of hydrogen-bond donors (Lipinski definition) is 1. The van der Waals surface area contributed by atoms with Gasteiger partial charge in [-0.05, 0) is 61.9 Å². The summed E-state index contributed by atoms with van der Waals surface area (Å²) in [6.07, 6.45) is 0. The third-order valence-electron chi connectivity index (χ3n) is 7.17. The van der Waals surface area contributed by atoms with E-state index in [0.717, 1.165) is 22.6 Å². The lowest BCUT2D eigenvalue weighted by atomic mass is 10.0. The van der Waals surface area contributed by atoms with Gasteiger partial charge in [0.15, 0.2) is 16.7 Å². The van der Waals surface area contributed by atoms with Gasteiger partial charge in [-0.2, -0.15) is 0 Å². The molecule has 5 rings (SSSR count). The van der Waals surface area contributed by atoms with E-state index in [9.17, 15) is 9.59 Å². The van der Waals surface area contributed by atoms with Crippen LogP contribution in [0.1, 0.15) is 28.0 Å². The fourth-order valence-corrected chi connectivity index (χ4v) is 6.58. The SMILES string of the molecule is COc1ccc(NC(=O)[C@H](c2ccc(OC)c(OC)c2)N(Cc2nc(-c3ccccc3)cs2)C(=O)CSc2nc(C)cc(C)n2)cc1. The minimum Gasteiger partial charge on any atom is -0.497 e. The van der Waals surface area contributed by atoms with Crippen molar-refractivity contribution in [2.24, 2.45) is 0 Å². The van der Waals surface area contributed by atoms with E-state index in [1.165, 1.54) is 30.2 Å². The highest BCUT2D eigenvalue weighted by Crippen LogP contribution is 2.35. The van der Waals surface area contributed by atoms with Gasteiger partial charge in [-0.15, -0.1) is 11.3 Å². The number of rotatable bonds is 13. The number of amides is 2. The van der Waals surface area contributed by atoms with Crippen LogP contribution in [0.5, 0.6) is 17.2 Å². The van der Waals surface area contributed by atoms with Crippen molar-refractivity contribution >= 4 is 40.6 Å². The van der Waals surface area contributed by atoms with Crippen LogP contribution >= 0.6 is 23.1 Å². The van der Waals surface area contributed by atoms with E-state index in [-0.39, 0.29) is 18.2 Å². The molecule has 0 radical (unpaired) electrons. The summed E-state index contributed by atoms with van der Waals surface area (Å²) in [6, 6.07) is 22.8. The van der Waals surface area contributed by atoms with E-state index in [1.54, 1.807) is 61.6 Å². The summed E-state index contributed by atoms with van der Waals surface area (Å²) in [7, 11) is 4.64. The highest BCUT2D eigenvalue weighted by Gasteiger charge is 2.33. The number of carbonyl (C=O) groups excluding carboxylic acids is 2. The maximum Gasteiger partial charge on any atom is 0.251 e. The average Bonchev–Trinajstić information content (AvgIpc) is 3.56. The zero-order chi connectivity index (χ0) is 33.3. The van der Waals surface area contributed by atoms with Gasteiger partial charge in [-0.3, -0.25) is 9.59 Å². The van der Waals surface area contributed by atoms with Crippen LogP contribution in [0.15, 0.2) is 89.4 Å². The molecule has 242 valence electrons. The van der Waals surface area contributed by atoms with Gasteiger partial charge in [-0.1, -0.05) is 48.2 Å². The third-order valence-corrected chi connectivity index (χ3v) is 8.84. The number of nitrogens with zero attached hydrogens (tertiary/aromatic N) is 4. The maximum atomic E-state index is 14.3. The van der Waals surface area contributed by atoms with Crippen molar-refractivity contribution in [3.8, 4) is 28.5 Å². The molecule has 2 aromatic heterocycles. The maximum absolute atomic E-state index is 14.3. The summed E-state index contributed by atoms with van der Waals surface area (Å²) in [6.45, 7) is 3.85. The molecule has 47 heavy (non-hydrogen) atoms. The van der Waals surface area contributed by atoms with Crippen molar-refractivity contribution in [2.45, 2.75) is 31.6 Å². The first-order valence-electron chi connectivity index (χ1n) is 14.7. The van der Waals surface area contributed by atoms with Crippen LogP contribution in [-0.2, 0) is 16.1 Å². The molecule has 0 saturated carbocycles. The van der Waals surface area contributed by atoms with Crippen molar-refractivity contribution in [1.82, 2.24) is 19.9 Å². The van der Waals surface area contributed by atoms with E-state index in [4.69, 9.17) is 19.2 Å². The Morgan fingerprint density at radius 1 is 0.851 bits per heavy atom. The van der Waals surface area contributed by atoms with Crippen molar-refractivity contribution in [2.75, 3.05) is 32.4 Å². The largest absolute Gasteiger partial charge is 0.497 e. The highest BCUT2D eigenvalue weighted by atomic mass is 32.2. The number of thiazole rings is 1. The minimum atomic E-state index is -1.06. The smallest absolute Gasteiger partial charge is 0.251 e. The molecule has 2 heterocycles. The van der Waals surface area contributed by atoms with Crippen molar-refractivity contribution in [1.29, 1.82) is 0 Å². The minimum absolute atomic E-state index is 0.000579. The Labute approximate surface area is 282 Å². The Bertz CT molecular complexity index is 1810. The lowest BCUT2D eigenvalue weighted by molar-refractivity contribution is -0.137. The lowest BCUT2D eigenvalue weighted by Crippen LogP contribution is -2.41. The van der Waals surface area contributed by atoms with E-state index in [1.807, 2.05) is 55.6 Å². The molecule has 0 saturated heterocycles. The number of methoxy groups -OCH3 is 3. The Hall–Kier alpha value is -4.94. The average molecular weight is 670 g/mol. The summed E-state index contributed by atoms with van der Waals surface area (Å²) in [5.74, 6) is 0.873. The molecule has 0 aliphatic heterocycles. The summed E-state index contributed by atoms with van der Waals surface area (Å²) < 4.78 is 16.3. The normalized spacial score (nSPS) is 11.4. The molecule has 12 heteroatoms. The molecule has 1 atom stereocenters. The molecule has 10 nitrogen and oxygen atoms in total. The van der Waals surface area contributed by atoms with Crippen molar-refractivity contribution in [3.63, 3.8) is 0 Å². The fraction of sp³-hybridized carbons (Fsp3) is 0.229. The number of thioether (sulfide) groups is 1. The molecule has 0 unspecified atom stereocenters. The fourth-order valence-electron chi connectivity index (χ4n) is 4.94. The molecular weight excluding hydrogens is 635 g/mol. The number of anilines is 1. The van der Waals surface area contributed by atoms with Gasteiger partial charge in [0, 0.05) is 28.0 Å². The zero-order valence-corrected chi connectivity index (χ0v) is 28.4. The Balaban J connectivity index is 1.55. The van der Waals surface area contributed by atoms with E-state index in [0.29, 0.717) is 38.7 Å². The molecule has 1 N–H and O–H groups in total. The molecule has 0 fully saturated rings. The molecule has 0 spiro atoms. The second kappa shape index (κ2) is 15.6. The number of ether oxygens (including phenoxy) is 3. The summed E-state index contributed by atoms with van der Waals surface area (Å²) >= 11 is 2.65. The van der Waals surface area contributed by atoms with Crippen LogP contribution in [0.3, 0.4) is 0 Å². The van der Waals surface area contributed by atoms with E-state index < -0.39 is 11.9 Å². The number of carbonyl (C=O) groups is 2. The van der Waals surface area contributed by atoms with Gasteiger partial charge in [0.1, 0.15) is 16.8 Å². The van der Waals surface area contributed by atoms with Crippen LogP contribution in [-0.4, -0.2) is 58.7 Å². The molecular formula is C35H35N5O5S2. The van der Waals surface area contributed by atoms with Gasteiger partial charge in [0.25, 0.3) is 5.91 Å². The third kappa shape index (κ3) is 8.46. The Kier molecular flexibility index (Phi) is 11.1. The van der Waals surface area contributed by atoms with Gasteiger partial charge in [-0.25, -0.2) is 15.0 Å². The summed E-state index contributed by atoms with van der Waals surface area (Å²) in [5, 5.41) is 6.10. The van der Waals surface area contributed by atoms with Gasteiger partial charge in [0.05, 0.1) is 39.3 Å². The molecule has 0 aliphatic rings. The number of aryl methyl sites for hydroxylation is 2. The van der Waals surface area contributed by atoms with Gasteiger partial charge in [0.2, 0.25) is 5.91 Å². The molecule has 2 amide bonds. The standard InChI is InChI=1S/C35H35N5O5S2/c1-22-17-23(2)37-35(36-22)47-21-32(41)40(19-31-39-28(20-46-31)24-9-7-6-8-10-24)33(25-11-16-29(44-4)30(18-25)45-5)34(42)38-26-12-14-27(43-3)15-13-26/h6-18,20,33H,19,21H2,1-5H3,(H,38,42)/t33-/m0/s1. The van der Waals surface area contributed by atoms with Crippen molar-refractivity contribution < 1.29 is 23.8 Å². The summed E-state index contributed by atoms with van der Waals surface area (Å²) in [4.78, 5) is 43.9. The second-order valence-corrected chi connectivity index (χ2v) is 12.4. The lowest BCUT2D eigenvalue weighted by Gasteiger charge is -2.31. The van der Waals surface area contributed by atoms with Crippen molar-refractivity contribution in [3.05, 3.63) is 106 Å². The van der Waals surface area contributed by atoms with E-state index >= 15 is 0 Å². The Morgan fingerprint density at radius 3 is 2.21 bits per heavy atom. The number of nitrogens with one attached hydrogen (secondary N) is 1. The van der Waals surface area contributed by atoms with Gasteiger partial charge >= 0.3 is 0 Å². The van der Waals surface area contributed by atoms with Crippen LogP contribution in [0.25, 0.3) is 11.3 Å². The quantitative estimate of drug-likeness (QED) is 0.107. The molecule has 3 aromatic carbocycles. The first-order valence-corrected chi connectivity index (χ1v) is 16.6. The Morgan fingerprint density at radius 2 is 1.55 bits per heavy atom. The number of benzene rings is 3. The van der Waals surface area contributed by atoms with Crippen LogP contribution in [0.4, 0.5) is 5.69 Å². The first kappa shape index (κ1) is 33.4. The number of aromatic nitrogens is 3. The molecule has 5 aromatic rings. The van der Waals surface area contributed by atoms with Crippen LogP contribution < -0.4 is 19.5 Å². The molecule has 0 bridgehead atoms. The highest BCUT2D eigenvalue weighted by molar-refractivity contribution is 7.99. The monoisotopic (exact) mass is 669 g/mol. The predicted octanol–water partition coefficient (Wildman–Crippen LogP) is 6.74. The predicted molar refractivity (Wildman–Crippen MR) is 184 cm³/mol. The topological polar surface area (TPSA) is 116 Å². The zero-order valence-electron chi connectivity index (χ0n) is 26.7.